The van der Waals surface area contributed by atoms with E-state index in [-0.39, 0.29) is 23.8 Å². The Bertz CT molecular complexity index is 985. The van der Waals surface area contributed by atoms with Gasteiger partial charge in [0.1, 0.15) is 11.9 Å². The summed E-state index contributed by atoms with van der Waals surface area (Å²) < 4.78 is 5.75. The van der Waals surface area contributed by atoms with Crippen LogP contribution >= 0.6 is 0 Å². The van der Waals surface area contributed by atoms with E-state index >= 15 is 0 Å². The molecule has 1 saturated heterocycles. The molecule has 2 aromatic rings. The highest BCUT2D eigenvalue weighted by Crippen LogP contribution is 2.26. The summed E-state index contributed by atoms with van der Waals surface area (Å²) in [5.74, 6) is 0.317. The fraction of sp³-hybridized carbons (Fsp3) is 0.464. The lowest BCUT2D eigenvalue weighted by Crippen LogP contribution is -2.39. The summed E-state index contributed by atoms with van der Waals surface area (Å²) in [4.78, 5) is 27.3. The van der Waals surface area contributed by atoms with Crippen molar-refractivity contribution in [1.29, 1.82) is 5.41 Å². The van der Waals surface area contributed by atoms with Crippen molar-refractivity contribution in [3.8, 4) is 11.1 Å². The monoisotopic (exact) mass is 461 g/mol. The molecule has 1 saturated carbocycles. The third kappa shape index (κ3) is 6.25. The number of amidine groups is 1. The van der Waals surface area contributed by atoms with E-state index in [1.807, 2.05) is 53.4 Å². The van der Waals surface area contributed by atoms with Gasteiger partial charge in [0.25, 0.3) is 5.91 Å². The van der Waals surface area contributed by atoms with E-state index in [0.29, 0.717) is 36.6 Å². The molecule has 3 N–H and O–H groups in total. The Labute approximate surface area is 202 Å². The van der Waals surface area contributed by atoms with E-state index in [9.17, 15) is 9.59 Å². The molecule has 0 aromatic heterocycles. The number of amides is 1. The van der Waals surface area contributed by atoms with Gasteiger partial charge in [-0.1, -0.05) is 49.2 Å². The average molecular weight is 462 g/mol. The largest absolute Gasteiger partial charge is 0.462 e. The van der Waals surface area contributed by atoms with Crippen molar-refractivity contribution in [2.45, 2.75) is 63.9 Å². The number of likely N-dealkylation sites (tertiary alicyclic amines) is 1. The van der Waals surface area contributed by atoms with Gasteiger partial charge in [-0.2, -0.15) is 0 Å². The first-order valence-corrected chi connectivity index (χ1v) is 12.5. The van der Waals surface area contributed by atoms with E-state index in [4.69, 9.17) is 15.9 Å². The molecule has 0 bridgehead atoms. The molecule has 1 amide bonds. The number of rotatable bonds is 6. The number of nitrogens with one attached hydrogen (secondary N) is 1. The van der Waals surface area contributed by atoms with Gasteiger partial charge in [0, 0.05) is 30.6 Å². The Hall–Kier alpha value is -3.15. The number of piperidine rings is 1. The normalized spacial score (nSPS) is 17.7. The predicted molar refractivity (Wildman–Crippen MR) is 134 cm³/mol. The lowest BCUT2D eigenvalue weighted by atomic mass is 9.93. The van der Waals surface area contributed by atoms with Crippen LogP contribution in [0.2, 0.25) is 0 Å². The van der Waals surface area contributed by atoms with Crippen LogP contribution in [0.5, 0.6) is 0 Å². The fourth-order valence-electron chi connectivity index (χ4n) is 5.00. The standard InChI is InChI=1S/C28H35N3O3/c29-27(30)23-11-7-21(8-12-23)22-9-13-24(14-10-22)28(33)31-17-15-20(16-18-31)19-26(32)34-25-5-3-1-2-4-6-25/h7-14,20,25H,1-6,15-19H2,(H3,29,30). The number of carbonyl (C=O) groups excluding carboxylic acids is 2. The van der Waals surface area contributed by atoms with Crippen LogP contribution in [0.15, 0.2) is 48.5 Å². The number of nitrogens with two attached hydrogens (primary N) is 1. The van der Waals surface area contributed by atoms with Crippen LogP contribution < -0.4 is 5.73 Å². The number of hydrogen-bond acceptors (Lipinski definition) is 4. The molecule has 6 nitrogen and oxygen atoms in total. The quantitative estimate of drug-likeness (QED) is 0.269. The lowest BCUT2D eigenvalue weighted by Gasteiger charge is -2.32. The van der Waals surface area contributed by atoms with Crippen LogP contribution in [-0.2, 0) is 9.53 Å². The zero-order valence-corrected chi connectivity index (χ0v) is 19.8. The molecule has 1 aliphatic carbocycles. The number of nitrogens with zero attached hydrogens (tertiary/aromatic N) is 1. The van der Waals surface area contributed by atoms with Crippen LogP contribution in [-0.4, -0.2) is 41.8 Å². The summed E-state index contributed by atoms with van der Waals surface area (Å²) in [5, 5.41) is 7.50. The van der Waals surface area contributed by atoms with Crippen molar-refractivity contribution < 1.29 is 14.3 Å². The molecule has 34 heavy (non-hydrogen) atoms. The van der Waals surface area contributed by atoms with Crippen LogP contribution in [0.25, 0.3) is 11.1 Å². The number of nitrogen functional groups attached to an aromatic ring is 1. The zero-order valence-electron chi connectivity index (χ0n) is 19.8. The topological polar surface area (TPSA) is 96.5 Å². The Morgan fingerprint density at radius 3 is 1.88 bits per heavy atom. The van der Waals surface area contributed by atoms with Crippen molar-refractivity contribution in [3.05, 3.63) is 59.7 Å². The summed E-state index contributed by atoms with van der Waals surface area (Å²) in [6, 6.07) is 15.1. The predicted octanol–water partition coefficient (Wildman–Crippen LogP) is 5.15. The van der Waals surface area contributed by atoms with Gasteiger partial charge >= 0.3 is 5.97 Å². The molecule has 1 aliphatic heterocycles. The minimum atomic E-state index is -0.0661. The molecule has 180 valence electrons. The first-order chi connectivity index (χ1) is 16.5. The number of hydrogen-bond donors (Lipinski definition) is 2. The summed E-state index contributed by atoms with van der Waals surface area (Å²) in [6.45, 7) is 1.35. The first-order valence-electron chi connectivity index (χ1n) is 12.5. The maximum atomic E-state index is 13.0. The van der Waals surface area contributed by atoms with Crippen molar-refractivity contribution >= 4 is 17.7 Å². The molecule has 4 rings (SSSR count). The highest BCUT2D eigenvalue weighted by Gasteiger charge is 2.26. The number of ether oxygens (including phenoxy) is 1. The smallest absolute Gasteiger partial charge is 0.306 e. The van der Waals surface area contributed by atoms with Gasteiger partial charge in [0.15, 0.2) is 0 Å². The van der Waals surface area contributed by atoms with Gasteiger partial charge in [-0.05, 0) is 67.7 Å². The van der Waals surface area contributed by atoms with Gasteiger partial charge in [-0.3, -0.25) is 15.0 Å². The van der Waals surface area contributed by atoms with E-state index < -0.39 is 0 Å². The SMILES string of the molecule is N=C(N)c1ccc(-c2ccc(C(=O)N3CCC(CC(=O)OC4CCCCCC4)CC3)cc2)cc1. The molecule has 0 spiro atoms. The highest BCUT2D eigenvalue weighted by molar-refractivity contribution is 5.96. The Morgan fingerprint density at radius 2 is 1.35 bits per heavy atom. The van der Waals surface area contributed by atoms with E-state index in [1.165, 1.54) is 12.8 Å². The van der Waals surface area contributed by atoms with Crippen LogP contribution in [0.4, 0.5) is 0 Å². The third-order valence-electron chi connectivity index (χ3n) is 7.12. The Morgan fingerprint density at radius 1 is 0.824 bits per heavy atom. The summed E-state index contributed by atoms with van der Waals surface area (Å²) in [5.41, 5.74) is 8.91. The van der Waals surface area contributed by atoms with Crippen molar-refractivity contribution in [3.63, 3.8) is 0 Å². The molecule has 2 fully saturated rings. The van der Waals surface area contributed by atoms with Gasteiger partial charge in [-0.25, -0.2) is 0 Å². The average Bonchev–Trinajstić information content (AvgIpc) is 3.13. The second-order valence-corrected chi connectivity index (χ2v) is 9.61. The molecular formula is C28H35N3O3. The molecule has 1 heterocycles. The van der Waals surface area contributed by atoms with Gasteiger partial charge in [0.05, 0.1) is 0 Å². The second-order valence-electron chi connectivity index (χ2n) is 9.61. The Kier molecular flexibility index (Phi) is 7.99. The molecular weight excluding hydrogens is 426 g/mol. The number of benzene rings is 2. The van der Waals surface area contributed by atoms with Crippen molar-refractivity contribution in [2.75, 3.05) is 13.1 Å². The van der Waals surface area contributed by atoms with Gasteiger partial charge in [-0.15, -0.1) is 0 Å². The summed E-state index contributed by atoms with van der Waals surface area (Å²) in [7, 11) is 0. The minimum Gasteiger partial charge on any atom is -0.462 e. The Balaban J connectivity index is 1.26. The maximum Gasteiger partial charge on any atom is 0.306 e. The maximum absolute atomic E-state index is 13.0. The van der Waals surface area contributed by atoms with Gasteiger partial charge < -0.3 is 15.4 Å². The lowest BCUT2D eigenvalue weighted by molar-refractivity contribution is -0.151. The summed E-state index contributed by atoms with van der Waals surface area (Å²) >= 11 is 0. The first kappa shape index (κ1) is 24.0. The van der Waals surface area contributed by atoms with E-state index in [0.717, 1.165) is 49.7 Å². The van der Waals surface area contributed by atoms with Crippen molar-refractivity contribution in [1.82, 2.24) is 4.90 Å². The molecule has 0 radical (unpaired) electrons. The number of esters is 1. The van der Waals surface area contributed by atoms with Crippen molar-refractivity contribution in [2.24, 2.45) is 11.7 Å². The molecule has 0 atom stereocenters. The molecule has 6 heteroatoms. The molecule has 2 aromatic carbocycles. The second kappa shape index (κ2) is 11.3. The molecule has 2 aliphatic rings. The number of carbonyl (C=O) groups is 2. The fourth-order valence-corrected chi connectivity index (χ4v) is 5.00. The minimum absolute atomic E-state index is 0.0398. The highest BCUT2D eigenvalue weighted by atomic mass is 16.5. The van der Waals surface area contributed by atoms with Crippen LogP contribution in [0, 0.1) is 11.3 Å². The molecule has 0 unspecified atom stereocenters. The van der Waals surface area contributed by atoms with Crippen LogP contribution in [0.3, 0.4) is 0 Å². The third-order valence-corrected chi connectivity index (χ3v) is 7.12. The van der Waals surface area contributed by atoms with Crippen LogP contribution in [0.1, 0.15) is 73.7 Å². The van der Waals surface area contributed by atoms with E-state index in [1.54, 1.807) is 0 Å². The van der Waals surface area contributed by atoms with E-state index in [2.05, 4.69) is 0 Å². The van der Waals surface area contributed by atoms with Gasteiger partial charge in [0.2, 0.25) is 0 Å². The summed E-state index contributed by atoms with van der Waals surface area (Å²) in [6.07, 6.45) is 9.06. The zero-order chi connectivity index (χ0) is 23.9.